The lowest BCUT2D eigenvalue weighted by atomic mass is 9.97. The molecule has 0 atom stereocenters. The number of hydrogen-bond donors (Lipinski definition) is 0. The Hall–Kier alpha value is -2.93. The van der Waals surface area contributed by atoms with Crippen molar-refractivity contribution < 1.29 is 4.79 Å². The number of carbonyl (C=O) groups is 1. The molecule has 2 aliphatic rings. The average Bonchev–Trinajstić information content (AvgIpc) is 3.21. The molecule has 1 saturated carbocycles. The van der Waals surface area contributed by atoms with Crippen LogP contribution in [0.25, 0.3) is 5.57 Å². The quantitative estimate of drug-likeness (QED) is 0.586. The van der Waals surface area contributed by atoms with E-state index in [1.165, 1.54) is 0 Å². The maximum atomic E-state index is 12.9. The van der Waals surface area contributed by atoms with E-state index in [4.69, 9.17) is 10.3 Å². The van der Waals surface area contributed by atoms with Gasteiger partial charge in [-0.05, 0) is 36.5 Å². The molecule has 3 rings (SSSR count). The van der Waals surface area contributed by atoms with Gasteiger partial charge in [0.15, 0.2) is 0 Å². The van der Waals surface area contributed by atoms with Crippen LogP contribution in [-0.4, -0.2) is 22.2 Å². The molecule has 0 saturated heterocycles. The fourth-order valence-corrected chi connectivity index (χ4v) is 3.81. The number of hydrogen-bond acceptors (Lipinski definition) is 3. The number of benzene rings is 1. The first kappa shape index (κ1) is 17.9. The summed E-state index contributed by atoms with van der Waals surface area (Å²) in [6.45, 7) is 9.93. The van der Waals surface area contributed by atoms with E-state index >= 15 is 0 Å². The molecule has 1 spiro atoms. The summed E-state index contributed by atoms with van der Waals surface area (Å²) < 4.78 is 0. The fraction of sp³-hybridized carbons (Fsp3) is 0.318. The number of carbonyl (C=O) groups excluding carboxylic acids is 1. The largest absolute Gasteiger partial charge is 0.294 e. The zero-order valence-electron chi connectivity index (χ0n) is 15.2. The van der Waals surface area contributed by atoms with E-state index in [1.54, 1.807) is 17.1 Å². The third-order valence-corrected chi connectivity index (χ3v) is 5.19. The Labute approximate surface area is 154 Å². The van der Waals surface area contributed by atoms with Crippen LogP contribution in [0.3, 0.4) is 0 Å². The van der Waals surface area contributed by atoms with E-state index in [1.807, 2.05) is 31.2 Å². The molecule has 1 heterocycles. The molecule has 0 radical (unpaired) electrons. The Morgan fingerprint density at radius 2 is 2.00 bits per heavy atom. The standard InChI is InChI=1S/C22H23N3O/c1-4-7-20(16(2)14-23)19-10-8-18(9-11-19)15-25-17(3)24-22(21(25)26)12-5-6-13-22/h4,7-11H,1-2,5-6,12-13,15H2,3H3/b20-7+. The number of aliphatic imine (C=N–C) groups is 1. The summed E-state index contributed by atoms with van der Waals surface area (Å²) in [4.78, 5) is 19.4. The van der Waals surface area contributed by atoms with Gasteiger partial charge < -0.3 is 0 Å². The Morgan fingerprint density at radius 3 is 2.58 bits per heavy atom. The lowest BCUT2D eigenvalue weighted by Gasteiger charge is -2.22. The van der Waals surface area contributed by atoms with Crippen molar-refractivity contribution in [2.45, 2.75) is 44.7 Å². The third-order valence-electron chi connectivity index (χ3n) is 5.19. The van der Waals surface area contributed by atoms with Crippen LogP contribution in [0.2, 0.25) is 0 Å². The average molecular weight is 345 g/mol. The van der Waals surface area contributed by atoms with Crippen LogP contribution in [0.5, 0.6) is 0 Å². The lowest BCUT2D eigenvalue weighted by molar-refractivity contribution is -0.131. The molecule has 0 N–H and O–H groups in total. The number of nitrogens with zero attached hydrogens (tertiary/aromatic N) is 3. The maximum absolute atomic E-state index is 12.9. The molecule has 0 unspecified atom stereocenters. The van der Waals surface area contributed by atoms with Crippen molar-refractivity contribution in [1.29, 1.82) is 5.26 Å². The Bertz CT molecular complexity index is 846. The van der Waals surface area contributed by atoms with Gasteiger partial charge in [0.05, 0.1) is 18.2 Å². The molecule has 1 aromatic carbocycles. The van der Waals surface area contributed by atoms with Crippen molar-refractivity contribution in [2.24, 2.45) is 4.99 Å². The second kappa shape index (κ2) is 7.13. The van der Waals surface area contributed by atoms with Crippen LogP contribution >= 0.6 is 0 Å². The number of amidine groups is 1. The van der Waals surface area contributed by atoms with Gasteiger partial charge in [-0.3, -0.25) is 14.7 Å². The first-order valence-corrected chi connectivity index (χ1v) is 8.90. The van der Waals surface area contributed by atoms with Gasteiger partial charge >= 0.3 is 0 Å². The molecule has 1 aromatic rings. The van der Waals surface area contributed by atoms with E-state index in [0.29, 0.717) is 12.1 Å². The summed E-state index contributed by atoms with van der Waals surface area (Å²) in [7, 11) is 0. The predicted molar refractivity (Wildman–Crippen MR) is 104 cm³/mol. The monoisotopic (exact) mass is 345 g/mol. The summed E-state index contributed by atoms with van der Waals surface area (Å²) in [5, 5.41) is 9.11. The zero-order chi connectivity index (χ0) is 18.7. The van der Waals surface area contributed by atoms with Gasteiger partial charge in [0.25, 0.3) is 5.91 Å². The van der Waals surface area contributed by atoms with Gasteiger partial charge in [-0.1, -0.05) is 62.4 Å². The van der Waals surface area contributed by atoms with Crippen LogP contribution in [-0.2, 0) is 11.3 Å². The highest BCUT2D eigenvalue weighted by Crippen LogP contribution is 2.39. The number of rotatable bonds is 5. The third kappa shape index (κ3) is 3.13. The minimum atomic E-state index is -0.492. The van der Waals surface area contributed by atoms with Gasteiger partial charge in [-0.2, -0.15) is 5.26 Å². The molecule has 1 aliphatic heterocycles. The number of nitriles is 1. The van der Waals surface area contributed by atoms with E-state index in [9.17, 15) is 4.79 Å². The van der Waals surface area contributed by atoms with E-state index < -0.39 is 5.54 Å². The molecule has 1 aliphatic carbocycles. The number of allylic oxidation sites excluding steroid dienone is 4. The highest BCUT2D eigenvalue weighted by Gasteiger charge is 2.48. The molecular formula is C22H23N3O. The molecule has 0 bridgehead atoms. The molecule has 132 valence electrons. The minimum Gasteiger partial charge on any atom is -0.294 e. The summed E-state index contributed by atoms with van der Waals surface area (Å²) in [6, 6.07) is 9.95. The summed E-state index contributed by atoms with van der Waals surface area (Å²) in [5.74, 6) is 0.952. The van der Waals surface area contributed by atoms with Gasteiger partial charge in [-0.15, -0.1) is 0 Å². The SMILES string of the molecule is C=C/C=C(\C(=C)C#N)c1ccc(CN2C(=O)C3(CCCC3)N=C2C)cc1. The maximum Gasteiger partial charge on any atom is 0.256 e. The smallest absolute Gasteiger partial charge is 0.256 e. The van der Waals surface area contributed by atoms with E-state index in [-0.39, 0.29) is 5.91 Å². The highest BCUT2D eigenvalue weighted by molar-refractivity contribution is 6.07. The van der Waals surface area contributed by atoms with Gasteiger partial charge in [-0.25, -0.2) is 0 Å². The summed E-state index contributed by atoms with van der Waals surface area (Å²) in [6.07, 6.45) is 7.31. The van der Waals surface area contributed by atoms with Crippen LogP contribution < -0.4 is 0 Å². The second-order valence-corrected chi connectivity index (χ2v) is 6.89. The highest BCUT2D eigenvalue weighted by atomic mass is 16.2. The Balaban J connectivity index is 1.78. The van der Waals surface area contributed by atoms with Gasteiger partial charge in [0.1, 0.15) is 11.4 Å². The first-order valence-electron chi connectivity index (χ1n) is 8.90. The van der Waals surface area contributed by atoms with Crippen LogP contribution in [0, 0.1) is 11.3 Å². The van der Waals surface area contributed by atoms with Crippen molar-refractivity contribution in [3.05, 3.63) is 66.3 Å². The van der Waals surface area contributed by atoms with Crippen LogP contribution in [0.15, 0.2) is 60.1 Å². The normalized spacial score (nSPS) is 18.8. The Kier molecular flexibility index (Phi) is 4.90. The van der Waals surface area contributed by atoms with Crippen molar-refractivity contribution in [3.8, 4) is 6.07 Å². The van der Waals surface area contributed by atoms with Gasteiger partial charge in [0.2, 0.25) is 0 Å². The van der Waals surface area contributed by atoms with Crippen molar-refractivity contribution in [2.75, 3.05) is 0 Å². The molecule has 4 nitrogen and oxygen atoms in total. The Morgan fingerprint density at radius 1 is 1.35 bits per heavy atom. The van der Waals surface area contributed by atoms with Crippen molar-refractivity contribution in [3.63, 3.8) is 0 Å². The van der Waals surface area contributed by atoms with E-state index in [2.05, 4.69) is 19.2 Å². The summed E-state index contributed by atoms with van der Waals surface area (Å²) >= 11 is 0. The number of amides is 1. The summed E-state index contributed by atoms with van der Waals surface area (Å²) in [5.41, 5.74) is 2.61. The second-order valence-electron chi connectivity index (χ2n) is 6.89. The zero-order valence-corrected chi connectivity index (χ0v) is 15.2. The molecule has 4 heteroatoms. The fourth-order valence-electron chi connectivity index (χ4n) is 3.81. The first-order chi connectivity index (χ1) is 12.5. The topological polar surface area (TPSA) is 56.5 Å². The van der Waals surface area contributed by atoms with Gasteiger partial charge in [0, 0.05) is 0 Å². The van der Waals surface area contributed by atoms with E-state index in [0.717, 1.165) is 48.2 Å². The molecular weight excluding hydrogens is 322 g/mol. The van der Waals surface area contributed by atoms with Crippen LogP contribution in [0.1, 0.15) is 43.7 Å². The molecule has 1 fully saturated rings. The minimum absolute atomic E-state index is 0.140. The van der Waals surface area contributed by atoms with Crippen molar-refractivity contribution >= 4 is 17.3 Å². The molecule has 26 heavy (non-hydrogen) atoms. The molecule has 1 amide bonds. The lowest BCUT2D eigenvalue weighted by Crippen LogP contribution is -2.40. The predicted octanol–water partition coefficient (Wildman–Crippen LogP) is 4.41. The van der Waals surface area contributed by atoms with Crippen LogP contribution in [0.4, 0.5) is 0 Å². The van der Waals surface area contributed by atoms with Crippen molar-refractivity contribution in [1.82, 2.24) is 4.90 Å². The molecule has 0 aromatic heterocycles.